The molecule has 0 aliphatic rings. The Hall–Kier alpha value is -2.34. The van der Waals surface area contributed by atoms with E-state index in [-0.39, 0.29) is 18.1 Å². The van der Waals surface area contributed by atoms with Crippen molar-refractivity contribution in [2.75, 3.05) is 22.9 Å². The summed E-state index contributed by atoms with van der Waals surface area (Å²) in [5.41, 5.74) is 8.80. The molecular weight excluding hydrogens is 426 g/mol. The number of thiophene rings is 1. The van der Waals surface area contributed by atoms with Crippen molar-refractivity contribution in [3.8, 4) is 6.07 Å². The third-order valence-electron chi connectivity index (χ3n) is 4.56. The Morgan fingerprint density at radius 1 is 1.34 bits per heavy atom. The molecule has 2 aromatic heterocycles. The molecule has 2 N–H and O–H groups in total. The van der Waals surface area contributed by atoms with Gasteiger partial charge in [0, 0.05) is 22.1 Å². The van der Waals surface area contributed by atoms with Crippen LogP contribution >= 0.6 is 34.7 Å². The van der Waals surface area contributed by atoms with Crippen molar-refractivity contribution in [3.63, 3.8) is 0 Å². The zero-order valence-corrected chi connectivity index (χ0v) is 18.7. The van der Waals surface area contributed by atoms with Crippen LogP contribution in [-0.2, 0) is 4.79 Å². The van der Waals surface area contributed by atoms with Crippen molar-refractivity contribution < 1.29 is 4.79 Å². The Morgan fingerprint density at radius 3 is 2.79 bits per heavy atom. The normalized spacial score (nSPS) is 10.9. The number of hydrogen-bond acceptors (Lipinski definition) is 7. The molecule has 29 heavy (non-hydrogen) atoms. The number of thioether (sulfide) groups is 1. The molecular formula is C20H20ClN5OS2. The fraction of sp³-hybridized carbons (Fsp3) is 0.300. The minimum atomic E-state index is -0.132. The number of nitrogens with zero attached hydrogens (tertiary/aromatic N) is 4. The van der Waals surface area contributed by atoms with E-state index in [0.717, 1.165) is 26.2 Å². The van der Waals surface area contributed by atoms with Crippen LogP contribution in [0.15, 0.2) is 23.4 Å². The van der Waals surface area contributed by atoms with Crippen molar-refractivity contribution >= 4 is 62.3 Å². The number of aromatic nitrogens is 2. The summed E-state index contributed by atoms with van der Waals surface area (Å²) in [6.45, 7) is 6.22. The lowest BCUT2D eigenvalue weighted by molar-refractivity contribution is -0.116. The summed E-state index contributed by atoms with van der Waals surface area (Å²) in [5, 5.41) is 10.9. The van der Waals surface area contributed by atoms with Crippen LogP contribution < -0.4 is 10.6 Å². The average Bonchev–Trinajstić information content (AvgIpc) is 2.97. The van der Waals surface area contributed by atoms with Gasteiger partial charge in [0.1, 0.15) is 10.6 Å². The lowest BCUT2D eigenvalue weighted by atomic mass is 10.2. The molecule has 3 rings (SSSR count). The number of halogens is 1. The van der Waals surface area contributed by atoms with Crippen LogP contribution in [0.3, 0.4) is 0 Å². The summed E-state index contributed by atoms with van der Waals surface area (Å²) < 4.78 is 0. The third-order valence-corrected chi connectivity index (χ3v) is 6.92. The monoisotopic (exact) mass is 445 g/mol. The average molecular weight is 446 g/mol. The number of amides is 1. The Labute approximate surface area is 182 Å². The number of carbonyl (C=O) groups is 1. The molecule has 1 aromatic carbocycles. The van der Waals surface area contributed by atoms with Crippen LogP contribution in [0.5, 0.6) is 0 Å². The van der Waals surface area contributed by atoms with Gasteiger partial charge in [-0.05, 0) is 50.1 Å². The molecule has 150 valence electrons. The number of anilines is 2. The fourth-order valence-corrected chi connectivity index (χ4v) is 4.82. The highest BCUT2D eigenvalue weighted by Gasteiger charge is 2.19. The van der Waals surface area contributed by atoms with Crippen molar-refractivity contribution in [2.45, 2.75) is 32.3 Å². The van der Waals surface area contributed by atoms with Crippen LogP contribution in [0.1, 0.15) is 22.4 Å². The van der Waals surface area contributed by atoms with Gasteiger partial charge in [-0.1, -0.05) is 23.4 Å². The SMILES string of the molecule is Cc1cc(N(CCC#N)C(=O)CSc2nc(N)c3c(C)c(C)sc3n2)ccc1Cl. The van der Waals surface area contributed by atoms with Gasteiger partial charge in [0.25, 0.3) is 0 Å². The molecule has 1 amide bonds. The van der Waals surface area contributed by atoms with E-state index in [2.05, 4.69) is 16.0 Å². The number of hydrogen-bond donors (Lipinski definition) is 1. The van der Waals surface area contributed by atoms with E-state index in [1.165, 1.54) is 11.8 Å². The first-order chi connectivity index (χ1) is 13.8. The predicted octanol–water partition coefficient (Wildman–Crippen LogP) is 4.89. The number of nitrogen functional groups attached to an aromatic ring is 1. The third kappa shape index (κ3) is 4.64. The molecule has 3 aromatic rings. The molecule has 0 aliphatic carbocycles. The molecule has 0 aliphatic heterocycles. The Balaban J connectivity index is 1.80. The number of nitriles is 1. The van der Waals surface area contributed by atoms with E-state index < -0.39 is 0 Å². The number of fused-ring (bicyclic) bond motifs is 1. The van der Waals surface area contributed by atoms with E-state index in [9.17, 15) is 4.79 Å². The number of carbonyl (C=O) groups excluding carboxylic acids is 1. The van der Waals surface area contributed by atoms with E-state index in [1.54, 1.807) is 28.4 Å². The van der Waals surface area contributed by atoms with Crippen molar-refractivity contribution in [1.82, 2.24) is 9.97 Å². The van der Waals surface area contributed by atoms with Gasteiger partial charge in [0.15, 0.2) is 5.16 Å². The van der Waals surface area contributed by atoms with Gasteiger partial charge in [0.2, 0.25) is 5.91 Å². The molecule has 0 spiro atoms. The molecule has 0 unspecified atom stereocenters. The predicted molar refractivity (Wildman–Crippen MR) is 121 cm³/mol. The highest BCUT2D eigenvalue weighted by molar-refractivity contribution is 7.99. The lowest BCUT2D eigenvalue weighted by Crippen LogP contribution is -2.33. The second kappa shape index (κ2) is 8.99. The highest BCUT2D eigenvalue weighted by atomic mass is 35.5. The maximum absolute atomic E-state index is 12.9. The van der Waals surface area contributed by atoms with Crippen LogP contribution in [0, 0.1) is 32.1 Å². The first kappa shape index (κ1) is 21.4. The van der Waals surface area contributed by atoms with Gasteiger partial charge in [0.05, 0.1) is 23.6 Å². The molecule has 0 saturated heterocycles. The first-order valence-corrected chi connectivity index (χ1v) is 11.1. The summed E-state index contributed by atoms with van der Waals surface area (Å²) in [4.78, 5) is 25.4. The zero-order chi connectivity index (χ0) is 21.1. The Bertz CT molecular complexity index is 1120. The van der Waals surface area contributed by atoms with Crippen molar-refractivity contribution in [3.05, 3.63) is 39.2 Å². The van der Waals surface area contributed by atoms with Gasteiger partial charge < -0.3 is 10.6 Å². The van der Waals surface area contributed by atoms with Gasteiger partial charge in [-0.25, -0.2) is 9.97 Å². The summed E-state index contributed by atoms with van der Waals surface area (Å²) in [5.74, 6) is 0.440. The quantitative estimate of drug-likeness (QED) is 0.428. The summed E-state index contributed by atoms with van der Waals surface area (Å²) in [6.07, 6.45) is 0.237. The van der Waals surface area contributed by atoms with E-state index in [4.69, 9.17) is 22.6 Å². The Kier molecular flexibility index (Phi) is 6.63. The molecule has 0 atom stereocenters. The standard InChI is InChI=1S/C20H20ClN5OS2/c1-11-9-14(5-6-15(11)21)26(8-4-7-22)16(27)10-28-20-24-18(23)17-12(2)13(3)29-19(17)25-20/h5-6,9H,4,8,10H2,1-3H3,(H2,23,24,25). The highest BCUT2D eigenvalue weighted by Crippen LogP contribution is 2.33. The number of aryl methyl sites for hydroxylation is 3. The summed E-state index contributed by atoms with van der Waals surface area (Å²) in [6, 6.07) is 7.48. The van der Waals surface area contributed by atoms with Crippen molar-refractivity contribution in [1.29, 1.82) is 5.26 Å². The van der Waals surface area contributed by atoms with Gasteiger partial charge >= 0.3 is 0 Å². The maximum Gasteiger partial charge on any atom is 0.237 e. The molecule has 9 heteroatoms. The molecule has 0 saturated carbocycles. The molecule has 0 fully saturated rings. The topological polar surface area (TPSA) is 95.9 Å². The van der Waals surface area contributed by atoms with Crippen LogP contribution in [-0.4, -0.2) is 28.2 Å². The molecule has 2 heterocycles. The van der Waals surface area contributed by atoms with Crippen LogP contribution in [0.2, 0.25) is 5.02 Å². The molecule has 0 radical (unpaired) electrons. The smallest absolute Gasteiger partial charge is 0.237 e. The molecule has 6 nitrogen and oxygen atoms in total. The van der Waals surface area contributed by atoms with E-state index >= 15 is 0 Å². The van der Waals surface area contributed by atoms with Crippen LogP contribution in [0.4, 0.5) is 11.5 Å². The molecule has 0 bridgehead atoms. The fourth-order valence-electron chi connectivity index (χ4n) is 2.89. The second-order valence-electron chi connectivity index (χ2n) is 6.53. The van der Waals surface area contributed by atoms with Crippen LogP contribution in [0.25, 0.3) is 10.2 Å². The number of rotatable bonds is 6. The van der Waals surface area contributed by atoms with Gasteiger partial charge in [-0.2, -0.15) is 5.26 Å². The summed E-state index contributed by atoms with van der Waals surface area (Å²) in [7, 11) is 0. The van der Waals surface area contributed by atoms with Crippen molar-refractivity contribution in [2.24, 2.45) is 0 Å². The number of benzene rings is 1. The largest absolute Gasteiger partial charge is 0.383 e. The minimum Gasteiger partial charge on any atom is -0.383 e. The van der Waals surface area contributed by atoms with E-state index in [0.29, 0.717) is 28.2 Å². The number of nitrogens with two attached hydrogens (primary N) is 1. The van der Waals surface area contributed by atoms with Gasteiger partial charge in [-0.3, -0.25) is 4.79 Å². The first-order valence-electron chi connectivity index (χ1n) is 8.91. The second-order valence-corrected chi connectivity index (χ2v) is 9.08. The summed E-state index contributed by atoms with van der Waals surface area (Å²) >= 11 is 8.91. The maximum atomic E-state index is 12.9. The zero-order valence-electron chi connectivity index (χ0n) is 16.3. The minimum absolute atomic E-state index is 0.132. The van der Waals surface area contributed by atoms with E-state index in [1.807, 2.05) is 26.8 Å². The Morgan fingerprint density at radius 2 is 2.10 bits per heavy atom. The van der Waals surface area contributed by atoms with Gasteiger partial charge in [-0.15, -0.1) is 11.3 Å². The lowest BCUT2D eigenvalue weighted by Gasteiger charge is -2.22.